The molecule has 2 heteroatoms. The van der Waals surface area contributed by atoms with Gasteiger partial charge in [0.15, 0.2) is 0 Å². The number of nitrogens with one attached hydrogen (secondary N) is 1. The molecule has 0 aromatic rings. The first-order chi connectivity index (χ1) is 2.91. The molecule has 0 aromatic carbocycles. The summed E-state index contributed by atoms with van der Waals surface area (Å²) in [6, 6.07) is 0. The van der Waals surface area contributed by atoms with E-state index in [2.05, 4.69) is 10.8 Å². The van der Waals surface area contributed by atoms with Crippen LogP contribution < -0.4 is 3.88 Å². The molecule has 0 aliphatic heterocycles. The molecule has 0 bridgehead atoms. The molecule has 1 nitrogen and oxygen atoms in total. The average Bonchev–Trinajstić information content (AvgIpc) is 1.61. The van der Waals surface area contributed by atoms with Crippen molar-refractivity contribution in [3.63, 3.8) is 0 Å². The van der Waals surface area contributed by atoms with E-state index >= 15 is 0 Å². The molecule has 1 N–H and O–H groups in total. The summed E-state index contributed by atoms with van der Waals surface area (Å²) >= 11 is 1.48. The Morgan fingerprint density at radius 3 is 2.50 bits per heavy atom. The zero-order chi connectivity index (χ0) is 4.83. The minimum absolute atomic E-state index is 1.20. The molecule has 0 amide bonds. The summed E-state index contributed by atoms with van der Waals surface area (Å²) in [5, 5.41) is 0. The quantitative estimate of drug-likeness (QED) is 0.738. The molecular formula is C4H10NW. The summed E-state index contributed by atoms with van der Waals surface area (Å²) in [7, 11) is 0. The molecule has 6 heavy (non-hydrogen) atoms. The van der Waals surface area contributed by atoms with Crippen LogP contribution >= 0.6 is 0 Å². The first-order valence-corrected chi connectivity index (χ1v) is 3.73. The van der Waals surface area contributed by atoms with Crippen LogP contribution in [0.25, 0.3) is 0 Å². The summed E-state index contributed by atoms with van der Waals surface area (Å²) in [5.74, 6) is 0. The molecule has 0 radical (unpaired) electrons. The van der Waals surface area contributed by atoms with Gasteiger partial charge in [0.25, 0.3) is 0 Å². The van der Waals surface area contributed by atoms with Crippen molar-refractivity contribution in [1.29, 1.82) is 0 Å². The van der Waals surface area contributed by atoms with Gasteiger partial charge in [-0.15, -0.1) is 0 Å². The zero-order valence-corrected chi connectivity index (χ0v) is 6.96. The standard InChI is InChI=1S/C4H10N.W/c1-2-3-4-5;/h5H,2-4H2,1H3;/q-1;+1. The van der Waals surface area contributed by atoms with Crippen LogP contribution in [0.3, 0.4) is 0 Å². The second kappa shape index (κ2) is 5.65. The number of rotatable bonds is 3. The molecule has 0 unspecified atom stereocenters. The second-order valence-corrected chi connectivity index (χ2v) is 2.29. The van der Waals surface area contributed by atoms with Gasteiger partial charge in [0.1, 0.15) is 0 Å². The van der Waals surface area contributed by atoms with Gasteiger partial charge in [-0.25, -0.2) is 0 Å². The maximum atomic E-state index is 3.15. The van der Waals surface area contributed by atoms with Crippen molar-refractivity contribution in [3.8, 4) is 0 Å². The Kier molecular flexibility index (Phi) is 6.26. The van der Waals surface area contributed by atoms with Crippen LogP contribution in [0.15, 0.2) is 0 Å². The predicted molar refractivity (Wildman–Crippen MR) is 22.9 cm³/mol. The van der Waals surface area contributed by atoms with Gasteiger partial charge in [0.2, 0.25) is 0 Å². The monoisotopic (exact) mass is 256 g/mol. The third-order valence-corrected chi connectivity index (χ3v) is 1.37. The predicted octanol–water partition coefficient (Wildman–Crippen LogP) is 0.838. The molecule has 0 saturated carbocycles. The molecule has 0 aliphatic rings. The molecule has 0 heterocycles. The van der Waals surface area contributed by atoms with Gasteiger partial charge in [-0.2, -0.15) is 0 Å². The van der Waals surface area contributed by atoms with Gasteiger partial charge in [0, 0.05) is 0 Å². The Morgan fingerprint density at radius 1 is 1.67 bits per heavy atom. The van der Waals surface area contributed by atoms with Gasteiger partial charge in [-0.3, -0.25) is 0 Å². The van der Waals surface area contributed by atoms with Gasteiger partial charge in [0.05, 0.1) is 0 Å². The third kappa shape index (κ3) is 4.65. The topological polar surface area (TPSA) is 12.0 Å². The van der Waals surface area contributed by atoms with Crippen molar-refractivity contribution in [2.45, 2.75) is 19.8 Å². The second-order valence-electron chi connectivity index (χ2n) is 1.25. The summed E-state index contributed by atoms with van der Waals surface area (Å²) in [5.41, 5.74) is 0. The van der Waals surface area contributed by atoms with Crippen LogP contribution in [-0.2, 0) is 20.1 Å². The van der Waals surface area contributed by atoms with Crippen molar-refractivity contribution in [2.24, 2.45) is 0 Å². The summed E-state index contributed by atoms with van der Waals surface area (Å²) < 4.78 is 3.15. The first-order valence-electron chi connectivity index (χ1n) is 2.26. The number of hydrogen-bond donors (Lipinski definition) is 1. The SMILES string of the molecule is CCCC[NH][W]. The van der Waals surface area contributed by atoms with E-state index in [0.29, 0.717) is 0 Å². The summed E-state index contributed by atoms with van der Waals surface area (Å²) in [6.07, 6.45) is 2.63. The first kappa shape index (κ1) is 6.65. The Hall–Kier alpha value is 0.648. The van der Waals surface area contributed by atoms with Crippen LogP contribution in [0.4, 0.5) is 0 Å². The number of unbranched alkanes of at least 4 members (excludes halogenated alkanes) is 1. The van der Waals surface area contributed by atoms with Crippen molar-refractivity contribution >= 4 is 0 Å². The fourth-order valence-corrected chi connectivity index (χ4v) is 0.768. The Balaban J connectivity index is 2.34. The van der Waals surface area contributed by atoms with E-state index < -0.39 is 0 Å². The fourth-order valence-electron chi connectivity index (χ4n) is 0.249. The van der Waals surface area contributed by atoms with Crippen LogP contribution in [0.1, 0.15) is 19.8 Å². The molecule has 0 spiro atoms. The van der Waals surface area contributed by atoms with Crippen LogP contribution in [0, 0.1) is 0 Å². The molecular weight excluding hydrogens is 246 g/mol. The average molecular weight is 256 g/mol. The molecule has 0 fully saturated rings. The van der Waals surface area contributed by atoms with Crippen molar-refractivity contribution in [3.05, 3.63) is 0 Å². The fraction of sp³-hybridized carbons (Fsp3) is 1.00. The Morgan fingerprint density at radius 2 is 2.33 bits per heavy atom. The summed E-state index contributed by atoms with van der Waals surface area (Å²) in [4.78, 5) is 0. The van der Waals surface area contributed by atoms with Crippen molar-refractivity contribution < 1.29 is 20.1 Å². The Bertz CT molecular complexity index is 19.5. The van der Waals surface area contributed by atoms with Crippen LogP contribution in [0.5, 0.6) is 0 Å². The van der Waals surface area contributed by atoms with E-state index in [1.54, 1.807) is 0 Å². The maximum absolute atomic E-state index is 3.15. The molecule has 0 rings (SSSR count). The third-order valence-electron chi connectivity index (χ3n) is 0.632. The van der Waals surface area contributed by atoms with E-state index in [1.165, 1.54) is 39.5 Å². The molecule has 0 aromatic heterocycles. The van der Waals surface area contributed by atoms with E-state index in [-0.39, 0.29) is 0 Å². The van der Waals surface area contributed by atoms with Crippen LogP contribution in [-0.4, -0.2) is 6.54 Å². The van der Waals surface area contributed by atoms with Crippen LogP contribution in [0.2, 0.25) is 0 Å². The summed E-state index contributed by atoms with van der Waals surface area (Å²) in [6.45, 7) is 3.40. The van der Waals surface area contributed by atoms with Gasteiger partial charge in [-0.05, 0) is 0 Å². The molecule has 0 atom stereocenters. The van der Waals surface area contributed by atoms with Crippen molar-refractivity contribution in [2.75, 3.05) is 6.54 Å². The Labute approximate surface area is 50.7 Å². The van der Waals surface area contributed by atoms with Gasteiger partial charge < -0.3 is 0 Å². The van der Waals surface area contributed by atoms with Crippen molar-refractivity contribution in [1.82, 2.24) is 3.88 Å². The van der Waals surface area contributed by atoms with E-state index in [9.17, 15) is 0 Å². The molecule has 37 valence electrons. The normalized spacial score (nSPS) is 8.83. The van der Waals surface area contributed by atoms with Gasteiger partial charge in [-0.1, -0.05) is 0 Å². The van der Waals surface area contributed by atoms with Gasteiger partial charge >= 0.3 is 50.3 Å². The molecule has 0 saturated heterocycles. The molecule has 0 aliphatic carbocycles. The van der Waals surface area contributed by atoms with E-state index in [1.807, 2.05) is 0 Å². The van der Waals surface area contributed by atoms with E-state index in [4.69, 9.17) is 0 Å². The van der Waals surface area contributed by atoms with E-state index in [0.717, 1.165) is 0 Å². The number of hydrogen-bond acceptors (Lipinski definition) is 1. The minimum atomic E-state index is 1.20. The zero-order valence-electron chi connectivity index (χ0n) is 4.03.